The summed E-state index contributed by atoms with van der Waals surface area (Å²) in [4.78, 5) is 15.8. The van der Waals surface area contributed by atoms with Crippen molar-refractivity contribution < 1.29 is 9.53 Å². The number of carbonyl (C=O) groups excluding carboxylic acids is 1. The smallest absolute Gasteiger partial charge is 0.221 e. The molecule has 1 amide bonds. The molecule has 0 radical (unpaired) electrons. The van der Waals surface area contributed by atoms with Crippen molar-refractivity contribution in [1.29, 1.82) is 0 Å². The first kappa shape index (κ1) is 13.6. The first-order chi connectivity index (χ1) is 9.29. The van der Waals surface area contributed by atoms with Gasteiger partial charge in [0, 0.05) is 25.2 Å². The molecule has 2 N–H and O–H groups in total. The number of anilines is 1. The zero-order chi connectivity index (χ0) is 13.5. The molecule has 5 heteroatoms. The fourth-order valence-corrected chi connectivity index (χ4v) is 1.67. The summed E-state index contributed by atoms with van der Waals surface area (Å²) < 4.78 is 5.59. The Morgan fingerprint density at radius 1 is 1.53 bits per heavy atom. The van der Waals surface area contributed by atoms with Crippen LogP contribution in [0.4, 0.5) is 5.82 Å². The molecule has 19 heavy (non-hydrogen) atoms. The lowest BCUT2D eigenvalue weighted by molar-refractivity contribution is -0.120. The van der Waals surface area contributed by atoms with Gasteiger partial charge in [-0.05, 0) is 31.4 Å². The van der Waals surface area contributed by atoms with Crippen LogP contribution in [0.1, 0.15) is 32.6 Å². The molecular weight excluding hydrogens is 242 g/mol. The molecule has 1 aliphatic carbocycles. The second-order valence-corrected chi connectivity index (χ2v) is 4.72. The van der Waals surface area contributed by atoms with Crippen LogP contribution < -0.4 is 15.4 Å². The van der Waals surface area contributed by atoms with Gasteiger partial charge in [0.2, 0.25) is 5.91 Å². The summed E-state index contributed by atoms with van der Waals surface area (Å²) in [6.45, 7) is 3.30. The number of rotatable bonds is 8. The topological polar surface area (TPSA) is 63.2 Å². The monoisotopic (exact) mass is 263 g/mol. The van der Waals surface area contributed by atoms with Crippen molar-refractivity contribution in [2.45, 2.75) is 38.6 Å². The minimum atomic E-state index is 0.0990. The van der Waals surface area contributed by atoms with Gasteiger partial charge in [-0.15, -0.1) is 0 Å². The van der Waals surface area contributed by atoms with Crippen LogP contribution in [0.2, 0.25) is 0 Å². The van der Waals surface area contributed by atoms with Gasteiger partial charge in [-0.3, -0.25) is 4.79 Å². The summed E-state index contributed by atoms with van der Waals surface area (Å²) in [5, 5.41) is 6.11. The largest absolute Gasteiger partial charge is 0.490 e. The number of hydrogen-bond donors (Lipinski definition) is 2. The van der Waals surface area contributed by atoms with Crippen LogP contribution >= 0.6 is 0 Å². The van der Waals surface area contributed by atoms with Crippen LogP contribution in [0.5, 0.6) is 5.75 Å². The zero-order valence-corrected chi connectivity index (χ0v) is 11.3. The average molecular weight is 263 g/mol. The van der Waals surface area contributed by atoms with Gasteiger partial charge in [-0.1, -0.05) is 6.92 Å². The Morgan fingerprint density at radius 2 is 2.37 bits per heavy atom. The van der Waals surface area contributed by atoms with Crippen molar-refractivity contribution in [1.82, 2.24) is 10.3 Å². The predicted molar refractivity (Wildman–Crippen MR) is 74.3 cm³/mol. The van der Waals surface area contributed by atoms with Crippen molar-refractivity contribution in [3.63, 3.8) is 0 Å². The molecule has 0 aromatic carbocycles. The van der Waals surface area contributed by atoms with E-state index in [0.29, 0.717) is 31.4 Å². The standard InChI is InChI=1S/C14H21N3O2/c1-2-10-19-12-4-3-8-15-14(12)16-9-7-13(18)17-11-5-6-11/h3-4,8,11H,2,5-7,9-10H2,1H3,(H,15,16)(H,17,18). The predicted octanol–water partition coefficient (Wildman–Crippen LogP) is 1.95. The van der Waals surface area contributed by atoms with E-state index in [4.69, 9.17) is 4.74 Å². The number of aromatic nitrogens is 1. The lowest BCUT2D eigenvalue weighted by atomic mass is 10.3. The van der Waals surface area contributed by atoms with E-state index in [1.54, 1.807) is 6.20 Å². The van der Waals surface area contributed by atoms with Crippen molar-refractivity contribution in [2.75, 3.05) is 18.5 Å². The van der Waals surface area contributed by atoms with Crippen LogP contribution in [-0.2, 0) is 4.79 Å². The molecule has 1 aliphatic rings. The number of ether oxygens (including phenoxy) is 1. The molecule has 0 atom stereocenters. The van der Waals surface area contributed by atoms with Crippen LogP contribution in [0.3, 0.4) is 0 Å². The molecule has 0 aliphatic heterocycles. The van der Waals surface area contributed by atoms with Gasteiger partial charge in [-0.2, -0.15) is 0 Å². The van der Waals surface area contributed by atoms with Gasteiger partial charge >= 0.3 is 0 Å². The zero-order valence-electron chi connectivity index (χ0n) is 11.3. The van der Waals surface area contributed by atoms with Crippen molar-refractivity contribution in [2.24, 2.45) is 0 Å². The molecule has 1 fully saturated rings. The molecule has 0 spiro atoms. The van der Waals surface area contributed by atoms with Crippen molar-refractivity contribution >= 4 is 11.7 Å². The van der Waals surface area contributed by atoms with Gasteiger partial charge in [0.15, 0.2) is 11.6 Å². The Balaban J connectivity index is 1.76. The molecule has 104 valence electrons. The van der Waals surface area contributed by atoms with Crippen LogP contribution in [-0.4, -0.2) is 30.1 Å². The van der Waals surface area contributed by atoms with Gasteiger partial charge in [-0.25, -0.2) is 4.98 Å². The summed E-state index contributed by atoms with van der Waals surface area (Å²) in [6, 6.07) is 4.15. The highest BCUT2D eigenvalue weighted by Gasteiger charge is 2.22. The Bertz CT molecular complexity index is 419. The fraction of sp³-hybridized carbons (Fsp3) is 0.571. The van der Waals surface area contributed by atoms with E-state index in [2.05, 4.69) is 22.5 Å². The Labute approximate surface area is 113 Å². The number of amides is 1. The molecule has 1 saturated carbocycles. The minimum absolute atomic E-state index is 0.0990. The van der Waals surface area contributed by atoms with Crippen LogP contribution in [0, 0.1) is 0 Å². The molecule has 0 saturated heterocycles. The highest BCUT2D eigenvalue weighted by Crippen LogP contribution is 2.21. The maximum atomic E-state index is 11.5. The lowest BCUT2D eigenvalue weighted by Gasteiger charge is -2.11. The number of carbonyl (C=O) groups is 1. The van der Waals surface area contributed by atoms with E-state index >= 15 is 0 Å². The minimum Gasteiger partial charge on any atom is -0.490 e. The number of pyridine rings is 1. The molecule has 0 bridgehead atoms. The number of nitrogens with one attached hydrogen (secondary N) is 2. The summed E-state index contributed by atoms with van der Waals surface area (Å²) in [6.07, 6.45) is 5.37. The van der Waals surface area contributed by atoms with E-state index in [1.807, 2.05) is 12.1 Å². The van der Waals surface area contributed by atoms with Crippen molar-refractivity contribution in [3.05, 3.63) is 18.3 Å². The van der Waals surface area contributed by atoms with Gasteiger partial charge in [0.05, 0.1) is 6.61 Å². The average Bonchev–Trinajstić information content (AvgIpc) is 3.21. The third-order valence-corrected chi connectivity index (χ3v) is 2.82. The highest BCUT2D eigenvalue weighted by atomic mass is 16.5. The summed E-state index contributed by atoms with van der Waals surface area (Å²) in [5.41, 5.74) is 0. The SMILES string of the molecule is CCCOc1cccnc1NCCC(=O)NC1CC1. The summed E-state index contributed by atoms with van der Waals surface area (Å²) in [7, 11) is 0. The number of hydrogen-bond acceptors (Lipinski definition) is 4. The lowest BCUT2D eigenvalue weighted by Crippen LogP contribution is -2.27. The quantitative estimate of drug-likeness (QED) is 0.752. The Hall–Kier alpha value is -1.78. The molecule has 1 heterocycles. The Morgan fingerprint density at radius 3 is 3.11 bits per heavy atom. The first-order valence-electron chi connectivity index (χ1n) is 6.90. The van der Waals surface area contributed by atoms with E-state index in [9.17, 15) is 4.79 Å². The first-order valence-corrected chi connectivity index (χ1v) is 6.90. The molecule has 1 aromatic rings. The summed E-state index contributed by atoms with van der Waals surface area (Å²) >= 11 is 0. The third-order valence-electron chi connectivity index (χ3n) is 2.82. The van der Waals surface area contributed by atoms with E-state index in [0.717, 1.165) is 25.0 Å². The van der Waals surface area contributed by atoms with E-state index < -0.39 is 0 Å². The normalized spacial score (nSPS) is 13.9. The maximum Gasteiger partial charge on any atom is 0.221 e. The highest BCUT2D eigenvalue weighted by molar-refractivity contribution is 5.77. The summed E-state index contributed by atoms with van der Waals surface area (Å²) in [5.74, 6) is 1.55. The van der Waals surface area contributed by atoms with E-state index in [-0.39, 0.29) is 5.91 Å². The second kappa shape index (κ2) is 6.97. The van der Waals surface area contributed by atoms with Crippen LogP contribution in [0.15, 0.2) is 18.3 Å². The number of nitrogens with zero attached hydrogens (tertiary/aromatic N) is 1. The van der Waals surface area contributed by atoms with E-state index in [1.165, 1.54) is 0 Å². The van der Waals surface area contributed by atoms with Gasteiger partial charge in [0.25, 0.3) is 0 Å². The maximum absolute atomic E-state index is 11.5. The van der Waals surface area contributed by atoms with Gasteiger partial charge in [0.1, 0.15) is 0 Å². The molecule has 0 unspecified atom stereocenters. The second-order valence-electron chi connectivity index (χ2n) is 4.72. The van der Waals surface area contributed by atoms with Crippen LogP contribution in [0.25, 0.3) is 0 Å². The van der Waals surface area contributed by atoms with Gasteiger partial charge < -0.3 is 15.4 Å². The fourth-order valence-electron chi connectivity index (χ4n) is 1.67. The molecule has 5 nitrogen and oxygen atoms in total. The molecule has 1 aromatic heterocycles. The Kier molecular flexibility index (Phi) is 5.01. The molecular formula is C14H21N3O2. The third kappa shape index (κ3) is 4.77. The molecule has 2 rings (SSSR count). The van der Waals surface area contributed by atoms with Crippen molar-refractivity contribution in [3.8, 4) is 5.75 Å².